The summed E-state index contributed by atoms with van der Waals surface area (Å²) in [4.78, 5) is 22.7. The predicted octanol–water partition coefficient (Wildman–Crippen LogP) is 1.55. The SMILES string of the molecule is N#Cc1ccc(Cl)cc1NC(=O)c1ccc(=O)[nH]n1. The molecule has 0 saturated heterocycles. The van der Waals surface area contributed by atoms with Gasteiger partial charge < -0.3 is 5.32 Å². The van der Waals surface area contributed by atoms with E-state index >= 15 is 0 Å². The van der Waals surface area contributed by atoms with Crippen molar-refractivity contribution < 1.29 is 4.79 Å². The van der Waals surface area contributed by atoms with Crippen molar-refractivity contribution in [1.82, 2.24) is 10.2 Å². The summed E-state index contributed by atoms with van der Waals surface area (Å²) in [5.41, 5.74) is 0.190. The number of H-pyrrole nitrogens is 1. The summed E-state index contributed by atoms with van der Waals surface area (Å²) in [7, 11) is 0. The van der Waals surface area contributed by atoms with Gasteiger partial charge in [0.2, 0.25) is 0 Å². The van der Waals surface area contributed by atoms with Crippen molar-refractivity contribution >= 4 is 23.2 Å². The topological polar surface area (TPSA) is 98.6 Å². The Bertz CT molecular complexity index is 713. The van der Waals surface area contributed by atoms with Crippen LogP contribution in [0.4, 0.5) is 5.69 Å². The Hall–Kier alpha value is -2.65. The summed E-state index contributed by atoms with van der Waals surface area (Å²) in [6.45, 7) is 0. The lowest BCUT2D eigenvalue weighted by atomic mass is 10.2. The smallest absolute Gasteiger partial charge is 0.276 e. The van der Waals surface area contributed by atoms with Crippen LogP contribution in [-0.2, 0) is 0 Å². The summed E-state index contributed by atoms with van der Waals surface area (Å²) >= 11 is 5.80. The second-order valence-corrected chi connectivity index (χ2v) is 4.00. The lowest BCUT2D eigenvalue weighted by Gasteiger charge is -2.06. The van der Waals surface area contributed by atoms with Gasteiger partial charge in [0, 0.05) is 11.1 Å². The molecule has 1 heterocycles. The van der Waals surface area contributed by atoms with Crippen LogP contribution in [0.3, 0.4) is 0 Å². The third-order valence-corrected chi connectivity index (χ3v) is 2.50. The van der Waals surface area contributed by atoms with Gasteiger partial charge in [-0.15, -0.1) is 0 Å². The molecule has 0 atom stereocenters. The quantitative estimate of drug-likeness (QED) is 0.868. The second kappa shape index (κ2) is 5.33. The number of aromatic amines is 1. The first-order chi connectivity index (χ1) is 9.10. The Morgan fingerprint density at radius 2 is 2.16 bits per heavy atom. The molecule has 19 heavy (non-hydrogen) atoms. The number of anilines is 1. The molecule has 2 aromatic rings. The zero-order valence-electron chi connectivity index (χ0n) is 9.48. The zero-order chi connectivity index (χ0) is 13.8. The van der Waals surface area contributed by atoms with E-state index in [0.29, 0.717) is 5.02 Å². The largest absolute Gasteiger partial charge is 0.319 e. The fourth-order valence-corrected chi connectivity index (χ4v) is 1.55. The molecule has 6 nitrogen and oxygen atoms in total. The monoisotopic (exact) mass is 274 g/mol. The van der Waals surface area contributed by atoms with Crippen LogP contribution in [0.2, 0.25) is 5.02 Å². The summed E-state index contributed by atoms with van der Waals surface area (Å²) in [5, 5.41) is 17.6. The average Bonchev–Trinajstić information content (AvgIpc) is 2.39. The van der Waals surface area contributed by atoms with Gasteiger partial charge in [-0.3, -0.25) is 9.59 Å². The molecule has 2 rings (SSSR count). The molecule has 0 aliphatic carbocycles. The highest BCUT2D eigenvalue weighted by molar-refractivity contribution is 6.31. The number of amides is 1. The normalized spacial score (nSPS) is 9.68. The number of nitriles is 1. The van der Waals surface area contributed by atoms with E-state index in [0.717, 1.165) is 0 Å². The van der Waals surface area contributed by atoms with Crippen LogP contribution >= 0.6 is 11.6 Å². The molecular formula is C12H7ClN4O2. The Balaban J connectivity index is 2.29. The third-order valence-electron chi connectivity index (χ3n) is 2.26. The van der Waals surface area contributed by atoms with E-state index in [-0.39, 0.29) is 16.9 Å². The van der Waals surface area contributed by atoms with Gasteiger partial charge in [0.1, 0.15) is 11.8 Å². The van der Waals surface area contributed by atoms with Crippen LogP contribution in [0.5, 0.6) is 0 Å². The van der Waals surface area contributed by atoms with Gasteiger partial charge in [0.05, 0.1) is 11.3 Å². The van der Waals surface area contributed by atoms with Crippen LogP contribution in [0.1, 0.15) is 16.1 Å². The maximum atomic E-state index is 11.9. The molecule has 0 bridgehead atoms. The second-order valence-electron chi connectivity index (χ2n) is 3.56. The van der Waals surface area contributed by atoms with E-state index in [2.05, 4.69) is 15.5 Å². The predicted molar refractivity (Wildman–Crippen MR) is 69.0 cm³/mol. The van der Waals surface area contributed by atoms with Crippen LogP contribution in [-0.4, -0.2) is 16.1 Å². The molecule has 94 valence electrons. The van der Waals surface area contributed by atoms with Gasteiger partial charge in [-0.2, -0.15) is 10.4 Å². The molecule has 0 radical (unpaired) electrons. The Labute approximate surface area is 112 Å². The fraction of sp³-hybridized carbons (Fsp3) is 0. The zero-order valence-corrected chi connectivity index (χ0v) is 10.2. The summed E-state index contributed by atoms with van der Waals surface area (Å²) in [6, 6.07) is 8.92. The molecule has 1 aromatic carbocycles. The van der Waals surface area contributed by atoms with E-state index in [9.17, 15) is 9.59 Å². The van der Waals surface area contributed by atoms with E-state index in [1.807, 2.05) is 6.07 Å². The van der Waals surface area contributed by atoms with Gasteiger partial charge >= 0.3 is 0 Å². The molecule has 1 aromatic heterocycles. The summed E-state index contributed by atoms with van der Waals surface area (Å²) < 4.78 is 0. The number of aromatic nitrogens is 2. The number of hydrogen-bond donors (Lipinski definition) is 2. The number of hydrogen-bond acceptors (Lipinski definition) is 4. The van der Waals surface area contributed by atoms with Gasteiger partial charge in [0.15, 0.2) is 0 Å². The molecule has 0 saturated carbocycles. The molecule has 7 heteroatoms. The standard InChI is InChI=1S/C12H7ClN4O2/c13-8-2-1-7(6-14)10(5-8)15-12(19)9-3-4-11(18)17-16-9/h1-5H,(H,15,19)(H,17,18). The fourth-order valence-electron chi connectivity index (χ4n) is 1.37. The molecule has 0 unspecified atom stereocenters. The van der Waals surface area contributed by atoms with Gasteiger partial charge in [-0.25, -0.2) is 5.10 Å². The van der Waals surface area contributed by atoms with Gasteiger partial charge in [-0.1, -0.05) is 11.6 Å². The Morgan fingerprint density at radius 3 is 2.79 bits per heavy atom. The molecular weight excluding hydrogens is 268 g/mol. The van der Waals surface area contributed by atoms with Crippen molar-refractivity contribution in [2.75, 3.05) is 5.32 Å². The van der Waals surface area contributed by atoms with Gasteiger partial charge in [0.25, 0.3) is 11.5 Å². The maximum Gasteiger partial charge on any atom is 0.276 e. The van der Waals surface area contributed by atoms with Crippen molar-refractivity contribution in [2.45, 2.75) is 0 Å². The highest BCUT2D eigenvalue weighted by atomic mass is 35.5. The van der Waals surface area contributed by atoms with Crippen LogP contribution < -0.4 is 10.9 Å². The van der Waals surface area contributed by atoms with Crippen LogP contribution in [0, 0.1) is 11.3 Å². The maximum absolute atomic E-state index is 11.9. The number of carbonyl (C=O) groups excluding carboxylic acids is 1. The molecule has 0 aliphatic rings. The average molecular weight is 275 g/mol. The number of rotatable bonds is 2. The first kappa shape index (κ1) is 12.8. The molecule has 0 aliphatic heterocycles. The van der Waals surface area contributed by atoms with Crippen molar-refractivity contribution in [3.8, 4) is 6.07 Å². The molecule has 0 fully saturated rings. The number of halogens is 1. The Morgan fingerprint density at radius 1 is 1.37 bits per heavy atom. The molecule has 2 N–H and O–H groups in total. The summed E-state index contributed by atoms with van der Waals surface area (Å²) in [6.07, 6.45) is 0. The first-order valence-electron chi connectivity index (χ1n) is 5.17. The minimum atomic E-state index is -0.546. The third kappa shape index (κ3) is 2.97. The molecule has 0 spiro atoms. The van der Waals surface area contributed by atoms with E-state index in [4.69, 9.17) is 16.9 Å². The summed E-state index contributed by atoms with van der Waals surface area (Å²) in [5.74, 6) is -0.546. The number of benzene rings is 1. The lowest BCUT2D eigenvalue weighted by molar-refractivity contribution is 0.102. The minimum Gasteiger partial charge on any atom is -0.319 e. The van der Waals surface area contributed by atoms with Crippen molar-refractivity contribution in [1.29, 1.82) is 5.26 Å². The Kier molecular flexibility index (Phi) is 3.59. The van der Waals surface area contributed by atoms with Gasteiger partial charge in [-0.05, 0) is 24.3 Å². The minimum absolute atomic E-state index is 0.0310. The first-order valence-corrected chi connectivity index (χ1v) is 5.54. The van der Waals surface area contributed by atoms with Crippen LogP contribution in [0.25, 0.3) is 0 Å². The lowest BCUT2D eigenvalue weighted by Crippen LogP contribution is -2.18. The van der Waals surface area contributed by atoms with Crippen LogP contribution in [0.15, 0.2) is 35.1 Å². The van der Waals surface area contributed by atoms with Crippen molar-refractivity contribution in [2.24, 2.45) is 0 Å². The van der Waals surface area contributed by atoms with Crippen molar-refractivity contribution in [3.05, 3.63) is 57.0 Å². The highest BCUT2D eigenvalue weighted by Gasteiger charge is 2.11. The van der Waals surface area contributed by atoms with Crippen molar-refractivity contribution in [3.63, 3.8) is 0 Å². The number of nitrogens with zero attached hydrogens (tertiary/aromatic N) is 2. The van der Waals surface area contributed by atoms with E-state index < -0.39 is 11.5 Å². The number of carbonyl (C=O) groups is 1. The molecule has 1 amide bonds. The van der Waals surface area contributed by atoms with E-state index in [1.165, 1.54) is 24.3 Å². The highest BCUT2D eigenvalue weighted by Crippen LogP contribution is 2.20. The van der Waals surface area contributed by atoms with E-state index in [1.54, 1.807) is 6.07 Å². The number of nitrogens with one attached hydrogen (secondary N) is 2.